The van der Waals surface area contributed by atoms with E-state index in [0.717, 1.165) is 0 Å². The van der Waals surface area contributed by atoms with E-state index in [1.807, 2.05) is 0 Å². The third-order valence-electron chi connectivity index (χ3n) is 1.35. The normalized spacial score (nSPS) is 16.1. The molecule has 0 radical (unpaired) electrons. The molecule has 0 nitrogen and oxygen atoms in total. The van der Waals surface area contributed by atoms with Crippen molar-refractivity contribution >= 4 is 21.7 Å². The van der Waals surface area contributed by atoms with Crippen LogP contribution in [0.25, 0.3) is 0 Å². The minimum Gasteiger partial charge on any atom is -0.0591 e. The summed E-state index contributed by atoms with van der Waals surface area (Å²) in [5.41, 5.74) is 0.340. The molecular formula is C6H13ClS. The summed E-state index contributed by atoms with van der Waals surface area (Å²) < 4.78 is 0. The smallest absolute Gasteiger partial charge is 0.0219 e. The lowest BCUT2D eigenvalue weighted by Gasteiger charge is -2.23. The quantitative estimate of drug-likeness (QED) is 0.556. The molecule has 0 heterocycles. The fourth-order valence-electron chi connectivity index (χ4n) is 0.134. The van der Waals surface area contributed by atoms with Crippen LogP contribution < -0.4 is 0 Å². The lowest BCUT2D eigenvalue weighted by Crippen LogP contribution is -2.17. The van der Waals surface area contributed by atoms with Crippen LogP contribution >= 0.6 is 21.7 Å². The van der Waals surface area contributed by atoms with E-state index in [-0.39, 0.29) is 0 Å². The van der Waals surface area contributed by atoms with E-state index in [1.165, 1.54) is 11.0 Å². The van der Waals surface area contributed by atoms with Gasteiger partial charge in [-0.2, -0.15) is 0 Å². The zero-order valence-electron chi connectivity index (χ0n) is 5.86. The highest BCUT2D eigenvalue weighted by atomic mass is 35.7. The Morgan fingerprint density at radius 2 is 1.75 bits per heavy atom. The summed E-state index contributed by atoms with van der Waals surface area (Å²) in [6, 6.07) is 0. The second kappa shape index (κ2) is 2.98. The van der Waals surface area contributed by atoms with Gasteiger partial charge < -0.3 is 0 Å². The molecule has 0 amide bonds. The molecule has 0 aliphatic heterocycles. The maximum atomic E-state index is 5.55. The molecule has 0 rings (SSSR count). The van der Waals surface area contributed by atoms with E-state index in [0.29, 0.717) is 10.7 Å². The van der Waals surface area contributed by atoms with Crippen LogP contribution in [-0.4, -0.2) is 5.25 Å². The molecule has 0 aromatic heterocycles. The molecule has 0 saturated heterocycles. The van der Waals surface area contributed by atoms with Crippen molar-refractivity contribution in [3.05, 3.63) is 0 Å². The van der Waals surface area contributed by atoms with Crippen molar-refractivity contribution in [1.29, 1.82) is 0 Å². The first-order valence-corrected chi connectivity index (χ1v) is 4.46. The Morgan fingerprint density at radius 3 is 1.75 bits per heavy atom. The average Bonchev–Trinajstić information content (AvgIpc) is 1.62. The molecule has 0 aromatic carbocycles. The van der Waals surface area contributed by atoms with E-state index in [1.54, 1.807) is 0 Å². The number of hydrogen-bond acceptors (Lipinski definition) is 1. The van der Waals surface area contributed by atoms with Gasteiger partial charge in [-0.25, -0.2) is 0 Å². The molecule has 0 N–H and O–H groups in total. The van der Waals surface area contributed by atoms with E-state index in [2.05, 4.69) is 27.7 Å². The Labute approximate surface area is 60.5 Å². The second-order valence-electron chi connectivity index (χ2n) is 3.10. The number of rotatable bonds is 1. The third kappa shape index (κ3) is 2.83. The fraction of sp³-hybridized carbons (Fsp3) is 1.00. The van der Waals surface area contributed by atoms with Gasteiger partial charge in [-0.1, -0.05) is 38.7 Å². The largest absolute Gasteiger partial charge is 0.0591 e. The van der Waals surface area contributed by atoms with Gasteiger partial charge in [0.2, 0.25) is 0 Å². The molecule has 1 unspecified atom stereocenters. The summed E-state index contributed by atoms with van der Waals surface area (Å²) >= 11 is 0. The molecule has 0 saturated carbocycles. The van der Waals surface area contributed by atoms with E-state index >= 15 is 0 Å². The standard InChI is InChI=1S/C6H13ClS/c1-5(8-7)6(2,3)4/h5H,1-4H3. The third-order valence-corrected chi connectivity index (χ3v) is 3.13. The molecule has 2 heteroatoms. The Bertz CT molecular complexity index is 65.4. The van der Waals surface area contributed by atoms with Gasteiger partial charge in [0.05, 0.1) is 0 Å². The molecule has 0 fully saturated rings. The summed E-state index contributed by atoms with van der Waals surface area (Å²) in [5.74, 6) is 0. The van der Waals surface area contributed by atoms with Gasteiger partial charge in [-0.3, -0.25) is 0 Å². The van der Waals surface area contributed by atoms with Crippen molar-refractivity contribution in [3.63, 3.8) is 0 Å². The van der Waals surface area contributed by atoms with Crippen LogP contribution in [-0.2, 0) is 0 Å². The molecule has 0 bridgehead atoms. The Balaban J connectivity index is 3.62. The molecule has 0 aliphatic rings. The van der Waals surface area contributed by atoms with Gasteiger partial charge in [0.1, 0.15) is 0 Å². The van der Waals surface area contributed by atoms with Crippen molar-refractivity contribution < 1.29 is 0 Å². The van der Waals surface area contributed by atoms with Gasteiger partial charge in [-0.15, -0.1) is 0 Å². The zero-order valence-corrected chi connectivity index (χ0v) is 7.44. The minimum atomic E-state index is 0.340. The predicted molar refractivity (Wildman–Crippen MR) is 42.4 cm³/mol. The molecule has 0 spiro atoms. The van der Waals surface area contributed by atoms with Gasteiger partial charge in [0, 0.05) is 5.25 Å². The molecule has 0 aromatic rings. The first-order chi connectivity index (χ1) is 3.48. The first kappa shape index (κ1) is 8.64. The topological polar surface area (TPSA) is 0 Å². The monoisotopic (exact) mass is 152 g/mol. The zero-order chi connectivity index (χ0) is 6.78. The van der Waals surface area contributed by atoms with Crippen LogP contribution in [0.2, 0.25) is 0 Å². The van der Waals surface area contributed by atoms with Crippen LogP contribution in [0.15, 0.2) is 0 Å². The lowest BCUT2D eigenvalue weighted by atomic mass is 9.93. The first-order valence-electron chi connectivity index (χ1n) is 2.76. The van der Waals surface area contributed by atoms with Gasteiger partial charge >= 0.3 is 0 Å². The molecule has 1 atom stereocenters. The Hall–Kier alpha value is 0.640. The van der Waals surface area contributed by atoms with Crippen molar-refractivity contribution in [2.75, 3.05) is 0 Å². The minimum absolute atomic E-state index is 0.340. The molecule has 0 aliphatic carbocycles. The van der Waals surface area contributed by atoms with Gasteiger partial charge in [0.25, 0.3) is 0 Å². The Kier molecular flexibility index (Phi) is 3.21. The predicted octanol–water partition coefficient (Wildman–Crippen LogP) is 3.31. The highest BCUT2D eigenvalue weighted by Crippen LogP contribution is 2.31. The van der Waals surface area contributed by atoms with Crippen molar-refractivity contribution in [2.24, 2.45) is 5.41 Å². The van der Waals surface area contributed by atoms with Crippen molar-refractivity contribution in [2.45, 2.75) is 32.9 Å². The maximum absolute atomic E-state index is 5.55. The summed E-state index contributed by atoms with van der Waals surface area (Å²) in [6.07, 6.45) is 0. The summed E-state index contributed by atoms with van der Waals surface area (Å²) in [6.45, 7) is 8.70. The summed E-state index contributed by atoms with van der Waals surface area (Å²) in [5, 5.41) is 0.532. The molecule has 8 heavy (non-hydrogen) atoms. The van der Waals surface area contributed by atoms with Crippen molar-refractivity contribution in [1.82, 2.24) is 0 Å². The molecular weight excluding hydrogens is 140 g/mol. The Morgan fingerprint density at radius 1 is 1.38 bits per heavy atom. The summed E-state index contributed by atoms with van der Waals surface area (Å²) in [7, 11) is 6.96. The average molecular weight is 153 g/mol. The summed E-state index contributed by atoms with van der Waals surface area (Å²) in [4.78, 5) is 0. The van der Waals surface area contributed by atoms with Crippen LogP contribution in [0.5, 0.6) is 0 Å². The number of halogens is 1. The van der Waals surface area contributed by atoms with Crippen LogP contribution in [0.1, 0.15) is 27.7 Å². The van der Waals surface area contributed by atoms with Gasteiger partial charge in [-0.05, 0) is 16.1 Å². The lowest BCUT2D eigenvalue weighted by molar-refractivity contribution is 0.412. The van der Waals surface area contributed by atoms with E-state index < -0.39 is 0 Å². The second-order valence-corrected chi connectivity index (χ2v) is 4.52. The van der Waals surface area contributed by atoms with Crippen molar-refractivity contribution in [3.8, 4) is 0 Å². The van der Waals surface area contributed by atoms with E-state index in [9.17, 15) is 0 Å². The van der Waals surface area contributed by atoms with Crippen LogP contribution in [0.3, 0.4) is 0 Å². The SMILES string of the molecule is CC(SCl)C(C)(C)C. The van der Waals surface area contributed by atoms with Gasteiger partial charge in [0.15, 0.2) is 0 Å². The van der Waals surface area contributed by atoms with Crippen LogP contribution in [0, 0.1) is 5.41 Å². The highest BCUT2D eigenvalue weighted by molar-refractivity contribution is 8.21. The number of hydrogen-bond donors (Lipinski definition) is 0. The highest BCUT2D eigenvalue weighted by Gasteiger charge is 2.19. The van der Waals surface area contributed by atoms with E-state index in [4.69, 9.17) is 10.7 Å². The maximum Gasteiger partial charge on any atom is 0.0219 e. The molecule has 50 valence electrons. The fourth-order valence-corrected chi connectivity index (χ4v) is 1.20. The van der Waals surface area contributed by atoms with Crippen LogP contribution in [0.4, 0.5) is 0 Å².